The molecule has 0 aliphatic heterocycles. The molecule has 0 radical (unpaired) electrons. The van der Waals surface area contributed by atoms with Crippen molar-refractivity contribution in [3.8, 4) is 17.2 Å². The van der Waals surface area contributed by atoms with Crippen LogP contribution in [0.1, 0.15) is 17.0 Å². The zero-order chi connectivity index (χ0) is 20.1. The number of benzene rings is 2. The third-order valence-electron chi connectivity index (χ3n) is 4.51. The largest absolute Gasteiger partial charge is 0.493 e. The van der Waals surface area contributed by atoms with Crippen LogP contribution in [-0.2, 0) is 6.54 Å². The van der Waals surface area contributed by atoms with E-state index in [4.69, 9.17) is 15.2 Å². The summed E-state index contributed by atoms with van der Waals surface area (Å²) in [4.78, 5) is 4.47. The van der Waals surface area contributed by atoms with E-state index in [1.54, 1.807) is 14.2 Å². The number of aryl methyl sites for hydroxylation is 1. The number of aromatic nitrogens is 2. The highest BCUT2D eigenvalue weighted by atomic mass is 16.5. The molecule has 7 heteroatoms. The number of hydrogen-bond acceptors (Lipinski definition) is 4. The third-order valence-corrected chi connectivity index (χ3v) is 4.51. The zero-order valence-corrected chi connectivity index (χ0v) is 16.6. The highest BCUT2D eigenvalue weighted by Gasteiger charge is 2.12. The Morgan fingerprint density at radius 3 is 2.46 bits per heavy atom. The highest BCUT2D eigenvalue weighted by Crippen LogP contribution is 2.29. The van der Waals surface area contributed by atoms with Gasteiger partial charge in [0, 0.05) is 23.0 Å². The Morgan fingerprint density at radius 1 is 1.07 bits per heavy atom. The predicted molar refractivity (Wildman–Crippen MR) is 112 cm³/mol. The van der Waals surface area contributed by atoms with Crippen LogP contribution in [0, 0.1) is 13.8 Å². The molecule has 0 bridgehead atoms. The molecule has 1 heterocycles. The summed E-state index contributed by atoms with van der Waals surface area (Å²) in [7, 11) is 3.19. The van der Waals surface area contributed by atoms with Gasteiger partial charge in [0.2, 0.25) is 0 Å². The average Bonchev–Trinajstić information content (AvgIpc) is 3.00. The van der Waals surface area contributed by atoms with Crippen molar-refractivity contribution in [3.05, 3.63) is 65.5 Å². The van der Waals surface area contributed by atoms with E-state index in [2.05, 4.69) is 15.4 Å². The van der Waals surface area contributed by atoms with E-state index in [1.807, 2.05) is 67.1 Å². The van der Waals surface area contributed by atoms with Gasteiger partial charge in [-0.15, -0.1) is 0 Å². The summed E-state index contributed by atoms with van der Waals surface area (Å²) in [6.45, 7) is 4.46. The monoisotopic (exact) mass is 379 g/mol. The predicted octanol–water partition coefficient (Wildman–Crippen LogP) is 3.43. The smallest absolute Gasteiger partial charge is 0.193 e. The average molecular weight is 379 g/mol. The van der Waals surface area contributed by atoms with Gasteiger partial charge in [0.15, 0.2) is 17.5 Å². The summed E-state index contributed by atoms with van der Waals surface area (Å²) in [5, 5.41) is 7.72. The molecule has 1 aromatic heterocycles. The Balaban J connectivity index is 1.76. The van der Waals surface area contributed by atoms with Crippen LogP contribution in [0.2, 0.25) is 0 Å². The number of guanidine groups is 1. The van der Waals surface area contributed by atoms with Crippen molar-refractivity contribution in [2.45, 2.75) is 20.4 Å². The highest BCUT2D eigenvalue weighted by molar-refractivity contribution is 5.92. The van der Waals surface area contributed by atoms with Crippen LogP contribution < -0.4 is 20.5 Å². The number of nitrogens with two attached hydrogens (primary N) is 1. The standard InChI is InChI=1S/C21H25N5O2/c1-14-18(15(2)26(25-14)17-8-6-5-7-9-17)13-23-21(22)24-16-10-11-19(27-3)20(12-16)28-4/h5-12H,13H2,1-4H3,(H3,22,23,24). The minimum absolute atomic E-state index is 0.318. The zero-order valence-electron chi connectivity index (χ0n) is 16.6. The molecule has 0 aliphatic rings. The Hall–Kier alpha value is -3.48. The van der Waals surface area contributed by atoms with Crippen LogP contribution in [0.15, 0.2) is 53.5 Å². The Labute approximate surface area is 164 Å². The molecule has 7 nitrogen and oxygen atoms in total. The number of para-hydroxylation sites is 1. The molecule has 0 amide bonds. The maximum Gasteiger partial charge on any atom is 0.193 e. The van der Waals surface area contributed by atoms with Gasteiger partial charge >= 0.3 is 0 Å². The fraction of sp³-hybridized carbons (Fsp3) is 0.238. The molecule has 3 aromatic rings. The molecular formula is C21H25N5O2. The molecule has 0 saturated heterocycles. The fourth-order valence-corrected chi connectivity index (χ4v) is 2.99. The van der Waals surface area contributed by atoms with E-state index < -0.39 is 0 Å². The molecule has 0 atom stereocenters. The normalized spacial score (nSPS) is 11.4. The first-order valence-electron chi connectivity index (χ1n) is 8.93. The Morgan fingerprint density at radius 2 is 1.79 bits per heavy atom. The quantitative estimate of drug-likeness (QED) is 0.506. The number of rotatable bonds is 6. The third kappa shape index (κ3) is 4.09. The van der Waals surface area contributed by atoms with Gasteiger partial charge in [-0.3, -0.25) is 0 Å². The van der Waals surface area contributed by atoms with Gasteiger partial charge in [-0.05, 0) is 38.1 Å². The molecule has 0 fully saturated rings. The van der Waals surface area contributed by atoms with E-state index >= 15 is 0 Å². The van der Waals surface area contributed by atoms with Gasteiger partial charge in [0.1, 0.15) is 0 Å². The number of anilines is 1. The van der Waals surface area contributed by atoms with Crippen molar-refractivity contribution in [2.75, 3.05) is 19.5 Å². The minimum atomic E-state index is 0.318. The van der Waals surface area contributed by atoms with Crippen molar-refractivity contribution in [3.63, 3.8) is 0 Å². The Kier molecular flexibility index (Phi) is 5.84. The second-order valence-corrected chi connectivity index (χ2v) is 6.29. The summed E-state index contributed by atoms with van der Waals surface area (Å²) in [5.74, 6) is 1.60. The van der Waals surface area contributed by atoms with E-state index in [1.165, 1.54) is 0 Å². The van der Waals surface area contributed by atoms with E-state index in [0.29, 0.717) is 24.0 Å². The van der Waals surface area contributed by atoms with Gasteiger partial charge in [-0.1, -0.05) is 18.2 Å². The first kappa shape index (κ1) is 19.3. The van der Waals surface area contributed by atoms with Crippen LogP contribution in [0.5, 0.6) is 11.5 Å². The fourth-order valence-electron chi connectivity index (χ4n) is 2.99. The first-order chi connectivity index (χ1) is 13.5. The van der Waals surface area contributed by atoms with Crippen LogP contribution >= 0.6 is 0 Å². The van der Waals surface area contributed by atoms with Crippen LogP contribution in [-0.4, -0.2) is 30.0 Å². The second kappa shape index (κ2) is 8.47. The van der Waals surface area contributed by atoms with Gasteiger partial charge in [-0.2, -0.15) is 5.10 Å². The number of ether oxygens (including phenoxy) is 2. The van der Waals surface area contributed by atoms with Crippen LogP contribution in [0.3, 0.4) is 0 Å². The second-order valence-electron chi connectivity index (χ2n) is 6.29. The molecule has 0 aliphatic carbocycles. The lowest BCUT2D eigenvalue weighted by Gasteiger charge is -2.11. The summed E-state index contributed by atoms with van der Waals surface area (Å²) in [5.41, 5.74) is 10.9. The van der Waals surface area contributed by atoms with Crippen LogP contribution in [0.4, 0.5) is 5.69 Å². The van der Waals surface area contributed by atoms with Crippen molar-refractivity contribution < 1.29 is 9.47 Å². The van der Waals surface area contributed by atoms with E-state index in [-0.39, 0.29) is 0 Å². The van der Waals surface area contributed by atoms with Crippen molar-refractivity contribution in [1.82, 2.24) is 9.78 Å². The minimum Gasteiger partial charge on any atom is -0.493 e. The molecular weight excluding hydrogens is 354 g/mol. The van der Waals surface area contributed by atoms with Gasteiger partial charge < -0.3 is 20.5 Å². The molecule has 3 N–H and O–H groups in total. The maximum atomic E-state index is 6.07. The molecule has 0 spiro atoms. The maximum absolute atomic E-state index is 6.07. The summed E-state index contributed by atoms with van der Waals surface area (Å²) in [6, 6.07) is 15.5. The molecule has 146 valence electrons. The summed E-state index contributed by atoms with van der Waals surface area (Å²) in [6.07, 6.45) is 0. The number of nitrogens with one attached hydrogen (secondary N) is 1. The van der Waals surface area contributed by atoms with Crippen molar-refractivity contribution >= 4 is 11.6 Å². The number of aliphatic imine (C=N–C) groups is 1. The molecule has 2 aromatic carbocycles. The van der Waals surface area contributed by atoms with Crippen molar-refractivity contribution in [1.29, 1.82) is 0 Å². The SMILES string of the molecule is COc1ccc(NC(N)=NCc2c(C)nn(-c3ccccc3)c2C)cc1OC. The lowest BCUT2D eigenvalue weighted by atomic mass is 10.2. The van der Waals surface area contributed by atoms with Gasteiger partial charge in [0.05, 0.1) is 32.1 Å². The molecule has 3 rings (SSSR count). The van der Waals surface area contributed by atoms with Crippen LogP contribution in [0.25, 0.3) is 5.69 Å². The number of hydrogen-bond donors (Lipinski definition) is 2. The first-order valence-corrected chi connectivity index (χ1v) is 8.93. The lowest BCUT2D eigenvalue weighted by molar-refractivity contribution is 0.355. The summed E-state index contributed by atoms with van der Waals surface area (Å²) < 4.78 is 12.5. The molecule has 0 saturated carbocycles. The van der Waals surface area contributed by atoms with Crippen molar-refractivity contribution in [2.24, 2.45) is 10.7 Å². The van der Waals surface area contributed by atoms with E-state index in [0.717, 1.165) is 28.3 Å². The molecule has 28 heavy (non-hydrogen) atoms. The topological polar surface area (TPSA) is 86.7 Å². The van der Waals surface area contributed by atoms with Gasteiger partial charge in [-0.25, -0.2) is 9.67 Å². The van der Waals surface area contributed by atoms with E-state index in [9.17, 15) is 0 Å². The number of methoxy groups -OCH3 is 2. The molecule has 0 unspecified atom stereocenters. The van der Waals surface area contributed by atoms with Gasteiger partial charge in [0.25, 0.3) is 0 Å². The summed E-state index contributed by atoms with van der Waals surface area (Å²) >= 11 is 0. The number of nitrogens with zero attached hydrogens (tertiary/aromatic N) is 3. The lowest BCUT2D eigenvalue weighted by Crippen LogP contribution is -2.22. The Bertz CT molecular complexity index is 980.